The third-order valence-electron chi connectivity index (χ3n) is 3.47. The van der Waals surface area contributed by atoms with Crippen LogP contribution in [-0.4, -0.2) is 44.2 Å². The molecule has 0 unspecified atom stereocenters. The fraction of sp³-hybridized carbons (Fsp3) is 0.600. The van der Waals surface area contributed by atoms with Crippen molar-refractivity contribution in [2.45, 2.75) is 19.8 Å². The van der Waals surface area contributed by atoms with Crippen LogP contribution in [-0.2, 0) is 0 Å². The number of piperazine rings is 1. The van der Waals surface area contributed by atoms with Gasteiger partial charge in [-0.2, -0.15) is 0 Å². The molecule has 1 N–H and O–H groups in total. The van der Waals surface area contributed by atoms with Gasteiger partial charge in [-0.3, -0.25) is 0 Å². The van der Waals surface area contributed by atoms with Gasteiger partial charge < -0.3 is 15.0 Å². The molecule has 3 nitrogen and oxygen atoms in total. The Bertz CT molecular complexity index is 392. The van der Waals surface area contributed by atoms with Crippen molar-refractivity contribution in [1.29, 1.82) is 0 Å². The second-order valence-electron chi connectivity index (χ2n) is 5.06. The van der Waals surface area contributed by atoms with Gasteiger partial charge in [-0.1, -0.05) is 15.9 Å². The number of benzene rings is 1. The minimum absolute atomic E-state index is 0.814. The predicted molar refractivity (Wildman–Crippen MR) is 82.9 cm³/mol. The summed E-state index contributed by atoms with van der Waals surface area (Å²) in [6.07, 6.45) is 2.34. The number of hydrogen-bond acceptors (Lipinski definition) is 3. The molecular weight excluding hydrogens is 304 g/mol. The molecule has 4 heteroatoms. The van der Waals surface area contributed by atoms with Crippen LogP contribution in [0, 0.1) is 6.92 Å². The SMILES string of the molecule is Cc1cc(Br)ccc1OCCCCN1CCNCC1. The van der Waals surface area contributed by atoms with Crippen molar-refractivity contribution in [2.24, 2.45) is 0 Å². The number of aryl methyl sites for hydroxylation is 1. The summed E-state index contributed by atoms with van der Waals surface area (Å²) in [7, 11) is 0. The van der Waals surface area contributed by atoms with Gasteiger partial charge in [0.2, 0.25) is 0 Å². The van der Waals surface area contributed by atoms with E-state index in [1.54, 1.807) is 0 Å². The van der Waals surface area contributed by atoms with Crippen LogP contribution in [0.1, 0.15) is 18.4 Å². The highest BCUT2D eigenvalue weighted by molar-refractivity contribution is 9.10. The van der Waals surface area contributed by atoms with Crippen molar-refractivity contribution in [2.75, 3.05) is 39.3 Å². The molecule has 0 radical (unpaired) electrons. The van der Waals surface area contributed by atoms with Gasteiger partial charge in [0, 0.05) is 30.7 Å². The minimum atomic E-state index is 0.814. The lowest BCUT2D eigenvalue weighted by Gasteiger charge is -2.27. The van der Waals surface area contributed by atoms with Gasteiger partial charge >= 0.3 is 0 Å². The largest absolute Gasteiger partial charge is 0.493 e. The average molecular weight is 327 g/mol. The third kappa shape index (κ3) is 5.13. The number of nitrogens with zero attached hydrogens (tertiary/aromatic N) is 1. The van der Waals surface area contributed by atoms with E-state index in [2.05, 4.69) is 39.1 Å². The van der Waals surface area contributed by atoms with E-state index in [-0.39, 0.29) is 0 Å². The monoisotopic (exact) mass is 326 g/mol. The molecule has 0 amide bonds. The second kappa shape index (κ2) is 7.88. The van der Waals surface area contributed by atoms with Crippen molar-refractivity contribution >= 4 is 15.9 Å². The van der Waals surface area contributed by atoms with Gasteiger partial charge in [-0.15, -0.1) is 0 Å². The van der Waals surface area contributed by atoms with E-state index in [1.807, 2.05) is 12.1 Å². The first-order valence-electron chi connectivity index (χ1n) is 7.08. The number of ether oxygens (including phenoxy) is 1. The normalized spacial score (nSPS) is 16.5. The summed E-state index contributed by atoms with van der Waals surface area (Å²) < 4.78 is 6.94. The number of rotatable bonds is 6. The molecule has 0 saturated carbocycles. The van der Waals surface area contributed by atoms with Gasteiger partial charge in [0.25, 0.3) is 0 Å². The number of halogens is 1. The van der Waals surface area contributed by atoms with Crippen LogP contribution in [0.3, 0.4) is 0 Å². The number of hydrogen-bond donors (Lipinski definition) is 1. The zero-order chi connectivity index (χ0) is 13.5. The lowest BCUT2D eigenvalue weighted by Crippen LogP contribution is -2.43. The van der Waals surface area contributed by atoms with Gasteiger partial charge in [-0.05, 0) is 50.1 Å². The van der Waals surface area contributed by atoms with Gasteiger partial charge in [0.15, 0.2) is 0 Å². The standard InChI is InChI=1S/C15H23BrN2O/c1-13-12-14(16)4-5-15(13)19-11-3-2-8-18-9-6-17-7-10-18/h4-5,12,17H,2-3,6-11H2,1H3. The first kappa shape index (κ1) is 14.8. The first-order chi connectivity index (χ1) is 9.25. The molecular formula is C15H23BrN2O. The summed E-state index contributed by atoms with van der Waals surface area (Å²) in [6.45, 7) is 8.74. The molecule has 1 saturated heterocycles. The molecule has 19 heavy (non-hydrogen) atoms. The molecule has 106 valence electrons. The molecule has 1 heterocycles. The third-order valence-corrected chi connectivity index (χ3v) is 3.97. The molecule has 1 fully saturated rings. The Morgan fingerprint density at radius 2 is 2.05 bits per heavy atom. The molecule has 0 aromatic heterocycles. The van der Waals surface area contributed by atoms with E-state index in [4.69, 9.17) is 4.74 Å². The van der Waals surface area contributed by atoms with Crippen LogP contribution in [0.5, 0.6) is 5.75 Å². The maximum absolute atomic E-state index is 5.83. The highest BCUT2D eigenvalue weighted by Gasteiger charge is 2.08. The van der Waals surface area contributed by atoms with Crippen LogP contribution in [0.25, 0.3) is 0 Å². The minimum Gasteiger partial charge on any atom is -0.493 e. The molecule has 0 spiro atoms. The highest BCUT2D eigenvalue weighted by atomic mass is 79.9. The van der Waals surface area contributed by atoms with E-state index >= 15 is 0 Å². The van der Waals surface area contributed by atoms with Crippen molar-refractivity contribution in [3.05, 3.63) is 28.2 Å². The summed E-state index contributed by atoms with van der Waals surface area (Å²) in [5.41, 5.74) is 1.19. The molecule has 1 aliphatic rings. The summed E-state index contributed by atoms with van der Waals surface area (Å²) in [6, 6.07) is 6.16. The molecule has 1 aromatic carbocycles. The van der Waals surface area contributed by atoms with E-state index in [9.17, 15) is 0 Å². The van der Waals surface area contributed by atoms with Crippen LogP contribution >= 0.6 is 15.9 Å². The summed E-state index contributed by atoms with van der Waals surface area (Å²) in [4.78, 5) is 2.53. The molecule has 0 bridgehead atoms. The first-order valence-corrected chi connectivity index (χ1v) is 7.87. The molecule has 0 atom stereocenters. The van der Waals surface area contributed by atoms with E-state index in [0.29, 0.717) is 0 Å². The maximum atomic E-state index is 5.83. The predicted octanol–water partition coefficient (Wildman–Crippen LogP) is 2.82. The molecule has 0 aliphatic carbocycles. The van der Waals surface area contributed by atoms with Crippen LogP contribution < -0.4 is 10.1 Å². The number of unbranched alkanes of at least 4 members (excludes halogenated alkanes) is 1. The van der Waals surface area contributed by atoms with Crippen LogP contribution in [0.2, 0.25) is 0 Å². The fourth-order valence-electron chi connectivity index (χ4n) is 2.33. The van der Waals surface area contributed by atoms with Crippen molar-refractivity contribution in [3.63, 3.8) is 0 Å². The zero-order valence-electron chi connectivity index (χ0n) is 11.6. The Kier molecular flexibility index (Phi) is 6.14. The Morgan fingerprint density at radius 3 is 2.79 bits per heavy atom. The zero-order valence-corrected chi connectivity index (χ0v) is 13.2. The van der Waals surface area contributed by atoms with Crippen molar-refractivity contribution in [1.82, 2.24) is 10.2 Å². The van der Waals surface area contributed by atoms with Crippen molar-refractivity contribution in [3.8, 4) is 5.75 Å². The Hall–Kier alpha value is -0.580. The maximum Gasteiger partial charge on any atom is 0.122 e. The molecule has 2 rings (SSSR count). The molecule has 1 aliphatic heterocycles. The van der Waals surface area contributed by atoms with E-state index < -0.39 is 0 Å². The Labute approximate surface area is 124 Å². The quantitative estimate of drug-likeness (QED) is 0.813. The van der Waals surface area contributed by atoms with Crippen LogP contribution in [0.4, 0.5) is 0 Å². The Morgan fingerprint density at radius 1 is 1.26 bits per heavy atom. The average Bonchev–Trinajstić information content (AvgIpc) is 2.42. The van der Waals surface area contributed by atoms with Gasteiger partial charge in [0.05, 0.1) is 6.61 Å². The summed E-state index contributed by atoms with van der Waals surface area (Å²) >= 11 is 3.47. The lowest BCUT2D eigenvalue weighted by molar-refractivity contribution is 0.226. The molecule has 1 aromatic rings. The van der Waals surface area contributed by atoms with Gasteiger partial charge in [0.1, 0.15) is 5.75 Å². The smallest absolute Gasteiger partial charge is 0.122 e. The number of nitrogens with one attached hydrogen (secondary N) is 1. The second-order valence-corrected chi connectivity index (χ2v) is 5.97. The Balaban J connectivity index is 1.61. The highest BCUT2D eigenvalue weighted by Crippen LogP contribution is 2.22. The summed E-state index contributed by atoms with van der Waals surface area (Å²) in [5.74, 6) is 1.00. The van der Waals surface area contributed by atoms with E-state index in [1.165, 1.54) is 31.6 Å². The lowest BCUT2D eigenvalue weighted by atomic mass is 10.2. The van der Waals surface area contributed by atoms with E-state index in [0.717, 1.165) is 36.3 Å². The van der Waals surface area contributed by atoms with Gasteiger partial charge in [-0.25, -0.2) is 0 Å². The fourth-order valence-corrected chi connectivity index (χ4v) is 2.80. The topological polar surface area (TPSA) is 24.5 Å². The van der Waals surface area contributed by atoms with Crippen LogP contribution in [0.15, 0.2) is 22.7 Å². The van der Waals surface area contributed by atoms with Crippen molar-refractivity contribution < 1.29 is 4.74 Å². The summed E-state index contributed by atoms with van der Waals surface area (Å²) in [5, 5.41) is 3.38.